The second-order valence-corrected chi connectivity index (χ2v) is 5.15. The molecule has 0 fully saturated rings. The van der Waals surface area contributed by atoms with Crippen molar-refractivity contribution in [2.75, 3.05) is 7.11 Å². The first-order chi connectivity index (χ1) is 9.58. The molecule has 2 heterocycles. The topological polar surface area (TPSA) is 52.0 Å². The molecule has 2 rings (SSSR count). The Hall–Kier alpha value is -1.88. The van der Waals surface area contributed by atoms with Crippen molar-refractivity contribution in [2.45, 2.75) is 39.9 Å². The zero-order valence-corrected chi connectivity index (χ0v) is 12.6. The van der Waals surface area contributed by atoms with Crippen molar-refractivity contribution in [2.24, 2.45) is 0 Å². The maximum atomic E-state index is 5.29. The van der Waals surface area contributed by atoms with Crippen molar-refractivity contribution in [3.8, 4) is 5.75 Å². The maximum absolute atomic E-state index is 5.29. The first-order valence-electron chi connectivity index (χ1n) is 6.83. The van der Waals surface area contributed by atoms with Crippen LogP contribution in [-0.4, -0.2) is 27.7 Å². The van der Waals surface area contributed by atoms with Gasteiger partial charge in [-0.05, 0) is 6.92 Å². The zero-order chi connectivity index (χ0) is 14.5. The molecule has 5 nitrogen and oxygen atoms in total. The summed E-state index contributed by atoms with van der Waals surface area (Å²) in [7, 11) is 1.67. The van der Waals surface area contributed by atoms with Crippen LogP contribution in [0.3, 0.4) is 0 Å². The Morgan fingerprint density at radius 1 is 1.35 bits per heavy atom. The van der Waals surface area contributed by atoms with E-state index in [1.807, 2.05) is 31.5 Å². The molecule has 0 aliphatic carbocycles. The summed E-state index contributed by atoms with van der Waals surface area (Å²) in [5.41, 5.74) is 1.94. The molecule has 108 valence electrons. The molecule has 0 saturated carbocycles. The van der Waals surface area contributed by atoms with Gasteiger partial charge in [0.25, 0.3) is 0 Å². The molecule has 0 bridgehead atoms. The van der Waals surface area contributed by atoms with Gasteiger partial charge in [0.05, 0.1) is 25.9 Å². The number of aromatic nitrogens is 3. The molecule has 0 radical (unpaired) electrons. The monoisotopic (exact) mass is 274 g/mol. The number of hydrogen-bond acceptors (Lipinski definition) is 4. The second-order valence-electron chi connectivity index (χ2n) is 5.15. The highest BCUT2D eigenvalue weighted by atomic mass is 16.5. The van der Waals surface area contributed by atoms with E-state index in [4.69, 9.17) is 4.74 Å². The van der Waals surface area contributed by atoms with Crippen molar-refractivity contribution in [3.63, 3.8) is 0 Å². The molecule has 0 atom stereocenters. The lowest BCUT2D eigenvalue weighted by atomic mass is 10.3. The summed E-state index contributed by atoms with van der Waals surface area (Å²) in [6.45, 7) is 7.68. The summed E-state index contributed by atoms with van der Waals surface area (Å²) >= 11 is 0. The smallest absolute Gasteiger partial charge is 0.123 e. The number of imidazole rings is 1. The SMILES string of the molecule is COc1cc(C)nc(Cn2ccnc2CNC(C)C)c1. The summed E-state index contributed by atoms with van der Waals surface area (Å²) in [5.74, 6) is 1.86. The Labute approximate surface area is 120 Å². The van der Waals surface area contributed by atoms with Crippen LogP contribution in [0.2, 0.25) is 0 Å². The average molecular weight is 274 g/mol. The molecular weight excluding hydrogens is 252 g/mol. The Morgan fingerprint density at radius 2 is 2.15 bits per heavy atom. The summed E-state index contributed by atoms with van der Waals surface area (Å²) in [5, 5.41) is 3.38. The molecule has 1 N–H and O–H groups in total. The summed E-state index contributed by atoms with van der Waals surface area (Å²) in [6, 6.07) is 4.34. The van der Waals surface area contributed by atoms with Crippen molar-refractivity contribution >= 4 is 0 Å². The third-order valence-electron chi connectivity index (χ3n) is 3.02. The highest BCUT2D eigenvalue weighted by Crippen LogP contribution is 2.14. The lowest BCUT2D eigenvalue weighted by Gasteiger charge is -2.11. The molecule has 0 aromatic carbocycles. The molecule has 0 amide bonds. The van der Waals surface area contributed by atoms with E-state index >= 15 is 0 Å². The van der Waals surface area contributed by atoms with Crippen molar-refractivity contribution in [3.05, 3.63) is 41.7 Å². The predicted octanol–water partition coefficient (Wildman–Crippen LogP) is 2.14. The third-order valence-corrected chi connectivity index (χ3v) is 3.02. The molecule has 0 spiro atoms. The van der Waals surface area contributed by atoms with Gasteiger partial charge in [0.15, 0.2) is 0 Å². The number of ether oxygens (including phenoxy) is 1. The van der Waals surface area contributed by atoms with Gasteiger partial charge in [-0.15, -0.1) is 0 Å². The van der Waals surface area contributed by atoms with E-state index in [-0.39, 0.29) is 0 Å². The summed E-state index contributed by atoms with van der Waals surface area (Å²) in [4.78, 5) is 8.93. The predicted molar refractivity (Wildman–Crippen MR) is 78.8 cm³/mol. The number of rotatable bonds is 6. The van der Waals surface area contributed by atoms with Crippen molar-refractivity contribution < 1.29 is 4.74 Å². The standard InChI is InChI=1S/C15H22N4O/c1-11(2)17-9-15-16-5-6-19(15)10-13-8-14(20-4)7-12(3)18-13/h5-8,11,17H,9-10H2,1-4H3. The van der Waals surface area contributed by atoms with Gasteiger partial charge in [0, 0.05) is 36.3 Å². The number of hydrogen-bond donors (Lipinski definition) is 1. The number of aryl methyl sites for hydroxylation is 1. The van der Waals surface area contributed by atoms with Crippen LogP contribution in [0, 0.1) is 6.92 Å². The minimum atomic E-state index is 0.442. The molecule has 5 heteroatoms. The Balaban J connectivity index is 2.14. The quantitative estimate of drug-likeness (QED) is 0.877. The fourth-order valence-corrected chi connectivity index (χ4v) is 2.02. The van der Waals surface area contributed by atoms with Crippen LogP contribution in [-0.2, 0) is 13.1 Å². The average Bonchev–Trinajstić information content (AvgIpc) is 2.83. The van der Waals surface area contributed by atoms with E-state index in [9.17, 15) is 0 Å². The maximum Gasteiger partial charge on any atom is 0.123 e. The van der Waals surface area contributed by atoms with Crippen molar-refractivity contribution in [1.82, 2.24) is 19.9 Å². The molecule has 0 aliphatic rings. The van der Waals surface area contributed by atoms with E-state index in [0.717, 1.165) is 29.5 Å². The van der Waals surface area contributed by atoms with Crippen LogP contribution in [0.15, 0.2) is 24.5 Å². The van der Waals surface area contributed by atoms with Gasteiger partial charge in [0.1, 0.15) is 11.6 Å². The normalized spacial score (nSPS) is 11.1. The number of nitrogens with one attached hydrogen (secondary N) is 1. The van der Waals surface area contributed by atoms with E-state index in [2.05, 4.69) is 33.7 Å². The van der Waals surface area contributed by atoms with E-state index in [1.165, 1.54) is 0 Å². The van der Waals surface area contributed by atoms with E-state index in [1.54, 1.807) is 7.11 Å². The lowest BCUT2D eigenvalue weighted by Crippen LogP contribution is -2.24. The van der Waals surface area contributed by atoms with Gasteiger partial charge >= 0.3 is 0 Å². The van der Waals surface area contributed by atoms with Gasteiger partial charge in [0.2, 0.25) is 0 Å². The summed E-state index contributed by atoms with van der Waals surface area (Å²) in [6.07, 6.45) is 3.80. The van der Waals surface area contributed by atoms with Crippen LogP contribution in [0.1, 0.15) is 31.1 Å². The minimum absolute atomic E-state index is 0.442. The van der Waals surface area contributed by atoms with Gasteiger partial charge in [-0.2, -0.15) is 0 Å². The number of pyridine rings is 1. The highest BCUT2D eigenvalue weighted by Gasteiger charge is 2.06. The third kappa shape index (κ3) is 3.81. The minimum Gasteiger partial charge on any atom is -0.497 e. The van der Waals surface area contributed by atoms with Crippen LogP contribution in [0.25, 0.3) is 0 Å². The summed E-state index contributed by atoms with van der Waals surface area (Å²) < 4.78 is 7.39. The molecular formula is C15H22N4O. The first kappa shape index (κ1) is 14.5. The van der Waals surface area contributed by atoms with Crippen LogP contribution in [0.5, 0.6) is 5.75 Å². The molecule has 0 saturated heterocycles. The highest BCUT2D eigenvalue weighted by molar-refractivity contribution is 5.27. The molecule has 2 aromatic rings. The molecule has 0 aliphatic heterocycles. The van der Waals surface area contributed by atoms with Crippen LogP contribution >= 0.6 is 0 Å². The van der Waals surface area contributed by atoms with Crippen molar-refractivity contribution in [1.29, 1.82) is 0 Å². The number of methoxy groups -OCH3 is 1. The van der Waals surface area contributed by atoms with Gasteiger partial charge in [-0.3, -0.25) is 4.98 Å². The first-order valence-corrected chi connectivity index (χ1v) is 6.83. The molecule has 20 heavy (non-hydrogen) atoms. The Kier molecular flexibility index (Phi) is 4.74. The Bertz CT molecular complexity index is 563. The van der Waals surface area contributed by atoms with Gasteiger partial charge in [-0.25, -0.2) is 4.98 Å². The van der Waals surface area contributed by atoms with E-state index < -0.39 is 0 Å². The zero-order valence-electron chi connectivity index (χ0n) is 12.6. The van der Waals surface area contributed by atoms with Crippen LogP contribution < -0.4 is 10.1 Å². The lowest BCUT2D eigenvalue weighted by molar-refractivity contribution is 0.412. The number of nitrogens with zero attached hydrogens (tertiary/aromatic N) is 3. The van der Waals surface area contributed by atoms with Crippen LogP contribution in [0.4, 0.5) is 0 Å². The Morgan fingerprint density at radius 3 is 2.85 bits per heavy atom. The largest absolute Gasteiger partial charge is 0.497 e. The second kappa shape index (κ2) is 6.52. The molecule has 0 unspecified atom stereocenters. The van der Waals surface area contributed by atoms with Gasteiger partial charge < -0.3 is 14.6 Å². The van der Waals surface area contributed by atoms with E-state index in [0.29, 0.717) is 12.6 Å². The van der Waals surface area contributed by atoms with Gasteiger partial charge in [-0.1, -0.05) is 13.8 Å². The molecule has 2 aromatic heterocycles. The fraction of sp³-hybridized carbons (Fsp3) is 0.467. The fourth-order valence-electron chi connectivity index (χ4n) is 2.02.